The van der Waals surface area contributed by atoms with E-state index in [1.54, 1.807) is 0 Å². The minimum Gasteiger partial charge on any atom is -0.318 e. The molecule has 0 unspecified atom stereocenters. The number of likely N-dealkylation sites (tertiary alicyclic amines) is 1. The Labute approximate surface area is 70.5 Å². The highest BCUT2D eigenvalue weighted by Crippen LogP contribution is 2.14. The van der Waals surface area contributed by atoms with Gasteiger partial charge >= 0.3 is 6.61 Å². The highest BCUT2D eigenvalue weighted by atomic mass is 19.3. The van der Waals surface area contributed by atoms with Gasteiger partial charge in [-0.15, -0.1) is 6.42 Å². The van der Waals surface area contributed by atoms with Crippen LogP contribution in [-0.2, 0) is 4.74 Å². The second-order valence-corrected chi connectivity index (χ2v) is 2.75. The molecule has 2 nitrogen and oxygen atoms in total. The van der Waals surface area contributed by atoms with E-state index >= 15 is 0 Å². The number of terminal acetylenes is 1. The number of hydrogen-bond donors (Lipinski definition) is 0. The monoisotopic (exact) mass is 175 g/mol. The van der Waals surface area contributed by atoms with Crippen molar-refractivity contribution in [1.82, 2.24) is 4.90 Å². The molecule has 0 aromatic heterocycles. The van der Waals surface area contributed by atoms with Crippen molar-refractivity contribution in [3.63, 3.8) is 0 Å². The maximum absolute atomic E-state index is 11.7. The van der Waals surface area contributed by atoms with Gasteiger partial charge in [0.25, 0.3) is 0 Å². The Morgan fingerprint density at radius 3 is 3.00 bits per heavy atom. The summed E-state index contributed by atoms with van der Waals surface area (Å²) in [6, 6.07) is 0. The van der Waals surface area contributed by atoms with E-state index in [-0.39, 0.29) is 6.10 Å². The lowest BCUT2D eigenvalue weighted by molar-refractivity contribution is -0.158. The van der Waals surface area contributed by atoms with Crippen LogP contribution in [0.15, 0.2) is 0 Å². The van der Waals surface area contributed by atoms with E-state index in [1.165, 1.54) is 0 Å². The SMILES string of the molecule is C#CCN1CC[C@H](OC(F)F)C1. The van der Waals surface area contributed by atoms with Crippen LogP contribution in [-0.4, -0.2) is 37.2 Å². The van der Waals surface area contributed by atoms with Crippen LogP contribution in [0.3, 0.4) is 0 Å². The summed E-state index contributed by atoms with van der Waals surface area (Å²) in [6.45, 7) is -0.875. The van der Waals surface area contributed by atoms with Gasteiger partial charge < -0.3 is 4.74 Å². The first-order valence-electron chi connectivity index (χ1n) is 3.82. The van der Waals surface area contributed by atoms with Gasteiger partial charge in [0, 0.05) is 13.1 Å². The first kappa shape index (κ1) is 9.43. The third-order valence-corrected chi connectivity index (χ3v) is 1.84. The molecule has 1 heterocycles. The van der Waals surface area contributed by atoms with Gasteiger partial charge in [-0.2, -0.15) is 8.78 Å². The summed E-state index contributed by atoms with van der Waals surface area (Å²) in [5.41, 5.74) is 0. The topological polar surface area (TPSA) is 12.5 Å². The minimum atomic E-state index is -2.67. The molecular formula is C8H11F2NO. The summed E-state index contributed by atoms with van der Waals surface area (Å²) in [5.74, 6) is 2.47. The normalized spacial score (nSPS) is 24.7. The second kappa shape index (κ2) is 4.39. The van der Waals surface area contributed by atoms with Crippen molar-refractivity contribution in [3.05, 3.63) is 0 Å². The van der Waals surface area contributed by atoms with Crippen LogP contribution in [0.1, 0.15) is 6.42 Å². The van der Waals surface area contributed by atoms with Crippen LogP contribution < -0.4 is 0 Å². The Kier molecular flexibility index (Phi) is 3.45. The third kappa shape index (κ3) is 2.76. The molecule has 1 fully saturated rings. The van der Waals surface area contributed by atoms with Gasteiger partial charge in [-0.1, -0.05) is 5.92 Å². The van der Waals surface area contributed by atoms with Crippen molar-refractivity contribution in [2.24, 2.45) is 0 Å². The molecule has 68 valence electrons. The molecule has 1 saturated heterocycles. The van der Waals surface area contributed by atoms with Crippen molar-refractivity contribution >= 4 is 0 Å². The van der Waals surface area contributed by atoms with Crippen molar-refractivity contribution in [1.29, 1.82) is 0 Å². The van der Waals surface area contributed by atoms with Crippen LogP contribution in [0.2, 0.25) is 0 Å². The molecule has 0 N–H and O–H groups in total. The van der Waals surface area contributed by atoms with E-state index in [2.05, 4.69) is 10.7 Å². The van der Waals surface area contributed by atoms with Crippen molar-refractivity contribution in [2.45, 2.75) is 19.1 Å². The van der Waals surface area contributed by atoms with Crippen molar-refractivity contribution in [3.8, 4) is 12.3 Å². The largest absolute Gasteiger partial charge is 0.345 e. The lowest BCUT2D eigenvalue weighted by Gasteiger charge is -2.12. The fourth-order valence-corrected chi connectivity index (χ4v) is 1.33. The molecule has 0 aliphatic carbocycles. The van der Waals surface area contributed by atoms with Crippen LogP contribution in [0.25, 0.3) is 0 Å². The quantitative estimate of drug-likeness (QED) is 0.592. The van der Waals surface area contributed by atoms with Crippen LogP contribution in [0.4, 0.5) is 8.78 Å². The first-order chi connectivity index (χ1) is 5.72. The zero-order valence-corrected chi connectivity index (χ0v) is 6.67. The maximum Gasteiger partial charge on any atom is 0.345 e. The summed E-state index contributed by atoms with van der Waals surface area (Å²) in [5, 5.41) is 0. The molecule has 12 heavy (non-hydrogen) atoms. The highest BCUT2D eigenvalue weighted by molar-refractivity contribution is 4.91. The number of nitrogens with zero attached hydrogens (tertiary/aromatic N) is 1. The molecule has 0 radical (unpaired) electrons. The molecule has 0 spiro atoms. The smallest absolute Gasteiger partial charge is 0.318 e. The molecule has 0 aromatic carbocycles. The molecule has 1 rings (SSSR count). The Balaban J connectivity index is 2.22. The van der Waals surface area contributed by atoms with Crippen molar-refractivity contribution < 1.29 is 13.5 Å². The average molecular weight is 175 g/mol. The van der Waals surface area contributed by atoms with Gasteiger partial charge in [0.05, 0.1) is 12.6 Å². The predicted octanol–water partition coefficient (Wildman–Crippen LogP) is 0.933. The number of rotatable bonds is 3. The summed E-state index contributed by atoms with van der Waals surface area (Å²) in [4.78, 5) is 1.92. The Bertz CT molecular complexity index is 178. The molecule has 1 aliphatic rings. The predicted molar refractivity (Wildman–Crippen MR) is 40.8 cm³/mol. The standard InChI is InChI=1S/C8H11F2NO/c1-2-4-11-5-3-7(6-11)12-8(9)10/h1,7-8H,3-6H2/t7-/m0/s1. The molecule has 4 heteroatoms. The number of halogens is 2. The van der Waals surface area contributed by atoms with Gasteiger partial charge in [0.2, 0.25) is 0 Å². The molecule has 1 aliphatic heterocycles. The Morgan fingerprint density at radius 2 is 2.42 bits per heavy atom. The van der Waals surface area contributed by atoms with E-state index < -0.39 is 6.61 Å². The summed E-state index contributed by atoms with van der Waals surface area (Å²) in [6.07, 6.45) is 5.37. The second-order valence-electron chi connectivity index (χ2n) is 2.75. The van der Waals surface area contributed by atoms with Crippen molar-refractivity contribution in [2.75, 3.05) is 19.6 Å². The summed E-state index contributed by atoms with van der Waals surface area (Å²) >= 11 is 0. The molecular weight excluding hydrogens is 164 g/mol. The highest BCUT2D eigenvalue weighted by Gasteiger charge is 2.24. The Hall–Kier alpha value is -0.660. The summed E-state index contributed by atoms with van der Waals surface area (Å²) in [7, 11) is 0. The van der Waals surface area contributed by atoms with Gasteiger partial charge in [0.15, 0.2) is 0 Å². The number of ether oxygens (including phenoxy) is 1. The van der Waals surface area contributed by atoms with Gasteiger partial charge in [-0.05, 0) is 6.42 Å². The van der Waals surface area contributed by atoms with E-state index in [1.807, 2.05) is 4.90 Å². The lowest BCUT2D eigenvalue weighted by atomic mass is 10.3. The van der Waals surface area contributed by atoms with E-state index in [0.717, 1.165) is 6.54 Å². The minimum absolute atomic E-state index is 0.349. The zero-order chi connectivity index (χ0) is 8.97. The summed E-state index contributed by atoms with van der Waals surface area (Å²) < 4.78 is 27.8. The lowest BCUT2D eigenvalue weighted by Crippen LogP contribution is -2.24. The van der Waals surface area contributed by atoms with Crippen LogP contribution in [0.5, 0.6) is 0 Å². The van der Waals surface area contributed by atoms with Gasteiger partial charge in [-0.25, -0.2) is 0 Å². The maximum atomic E-state index is 11.7. The van der Waals surface area contributed by atoms with E-state index in [0.29, 0.717) is 19.5 Å². The van der Waals surface area contributed by atoms with E-state index in [4.69, 9.17) is 6.42 Å². The molecule has 0 bridgehead atoms. The zero-order valence-electron chi connectivity index (χ0n) is 6.67. The number of alkyl halides is 2. The first-order valence-corrected chi connectivity index (χ1v) is 3.82. The van der Waals surface area contributed by atoms with Gasteiger partial charge in [0.1, 0.15) is 0 Å². The average Bonchev–Trinajstić information content (AvgIpc) is 2.36. The Morgan fingerprint density at radius 1 is 1.67 bits per heavy atom. The van der Waals surface area contributed by atoms with Crippen LogP contribution >= 0.6 is 0 Å². The van der Waals surface area contributed by atoms with E-state index in [9.17, 15) is 8.78 Å². The van der Waals surface area contributed by atoms with Crippen LogP contribution in [0, 0.1) is 12.3 Å². The fourth-order valence-electron chi connectivity index (χ4n) is 1.33. The third-order valence-electron chi connectivity index (χ3n) is 1.84. The fraction of sp³-hybridized carbons (Fsp3) is 0.750. The molecule has 1 atom stereocenters. The number of hydrogen-bond acceptors (Lipinski definition) is 2. The molecule has 0 aromatic rings. The molecule has 0 saturated carbocycles. The molecule has 0 amide bonds. The van der Waals surface area contributed by atoms with Gasteiger partial charge in [-0.3, -0.25) is 4.90 Å².